The molecule has 0 saturated heterocycles. The average Bonchev–Trinajstić information content (AvgIpc) is 3.12. The van der Waals surface area contributed by atoms with Gasteiger partial charge in [-0.3, -0.25) is 14.5 Å². The van der Waals surface area contributed by atoms with E-state index in [1.54, 1.807) is 17.9 Å². The molecule has 178 valence electrons. The number of carboxylic acid groups (broad SMARTS) is 1. The van der Waals surface area contributed by atoms with E-state index in [-0.39, 0.29) is 22.3 Å². The largest absolute Gasteiger partial charge is 0.497 e. The summed E-state index contributed by atoms with van der Waals surface area (Å²) in [5.74, 6) is -0.0920. The van der Waals surface area contributed by atoms with E-state index >= 15 is 0 Å². The molecule has 0 radical (unpaired) electrons. The van der Waals surface area contributed by atoms with Gasteiger partial charge in [-0.05, 0) is 42.0 Å². The van der Waals surface area contributed by atoms with Gasteiger partial charge in [0.05, 0.1) is 29.5 Å². The second-order valence-corrected chi connectivity index (χ2v) is 10.6. The first-order valence-electron chi connectivity index (χ1n) is 10.8. The van der Waals surface area contributed by atoms with Gasteiger partial charge >= 0.3 is 5.97 Å². The van der Waals surface area contributed by atoms with E-state index in [4.69, 9.17) is 21.4 Å². The van der Waals surface area contributed by atoms with Crippen molar-refractivity contribution in [2.45, 2.75) is 31.4 Å². The van der Waals surface area contributed by atoms with Gasteiger partial charge in [0, 0.05) is 16.0 Å². The van der Waals surface area contributed by atoms with Crippen LogP contribution in [0.4, 0.5) is 5.82 Å². The number of methoxy groups -OCH3 is 1. The van der Waals surface area contributed by atoms with Crippen molar-refractivity contribution in [1.82, 2.24) is 9.78 Å². The maximum Gasteiger partial charge on any atom is 0.323 e. The molecule has 9 heteroatoms. The number of fused-ring (bicyclic) bond motifs is 1. The van der Waals surface area contributed by atoms with Gasteiger partial charge in [-0.15, -0.1) is 11.8 Å². The van der Waals surface area contributed by atoms with Crippen LogP contribution in [0.25, 0.3) is 5.69 Å². The number of hydrogen-bond acceptors (Lipinski definition) is 5. The van der Waals surface area contributed by atoms with Gasteiger partial charge in [0.1, 0.15) is 18.1 Å². The van der Waals surface area contributed by atoms with Crippen LogP contribution >= 0.6 is 23.4 Å². The third kappa shape index (κ3) is 4.65. The van der Waals surface area contributed by atoms with Crippen LogP contribution in [-0.4, -0.2) is 46.2 Å². The number of aliphatic carboxylic acids is 1. The topological polar surface area (TPSA) is 84.7 Å². The highest BCUT2D eigenvalue weighted by molar-refractivity contribution is 8.00. The zero-order chi connectivity index (χ0) is 24.6. The molecule has 1 atom stereocenters. The molecule has 2 aromatic carbocycles. The molecule has 1 amide bonds. The lowest BCUT2D eigenvalue weighted by Crippen LogP contribution is -2.38. The Balaban J connectivity index is 2.05. The number of rotatable bonds is 5. The van der Waals surface area contributed by atoms with Gasteiger partial charge < -0.3 is 9.84 Å². The number of hydrogen-bond donors (Lipinski definition) is 1. The Morgan fingerprint density at radius 1 is 1.24 bits per heavy atom. The van der Waals surface area contributed by atoms with Crippen LogP contribution in [-0.2, 0) is 15.0 Å². The zero-order valence-electron chi connectivity index (χ0n) is 19.4. The second kappa shape index (κ2) is 9.35. The Hall–Kier alpha value is -2.97. The summed E-state index contributed by atoms with van der Waals surface area (Å²) in [6.45, 7) is 5.71. The van der Waals surface area contributed by atoms with Crippen molar-refractivity contribution in [2.24, 2.45) is 0 Å². The molecule has 1 unspecified atom stereocenters. The van der Waals surface area contributed by atoms with E-state index in [1.165, 1.54) is 16.7 Å². The number of amides is 1. The van der Waals surface area contributed by atoms with Crippen LogP contribution in [0.3, 0.4) is 0 Å². The van der Waals surface area contributed by atoms with E-state index in [0.29, 0.717) is 22.3 Å². The fourth-order valence-electron chi connectivity index (χ4n) is 4.04. The number of nitrogens with zero attached hydrogens (tertiary/aromatic N) is 3. The summed E-state index contributed by atoms with van der Waals surface area (Å²) in [5, 5.41) is 15.0. The van der Waals surface area contributed by atoms with Gasteiger partial charge in [-0.25, -0.2) is 4.68 Å². The van der Waals surface area contributed by atoms with E-state index < -0.39 is 12.5 Å². The van der Waals surface area contributed by atoms with Crippen molar-refractivity contribution >= 4 is 41.1 Å². The van der Waals surface area contributed by atoms with Crippen molar-refractivity contribution in [2.75, 3.05) is 24.3 Å². The van der Waals surface area contributed by atoms with Gasteiger partial charge in [0.15, 0.2) is 0 Å². The van der Waals surface area contributed by atoms with Crippen molar-refractivity contribution in [3.05, 3.63) is 70.4 Å². The first-order chi connectivity index (χ1) is 16.1. The van der Waals surface area contributed by atoms with Crippen molar-refractivity contribution in [3.8, 4) is 11.4 Å². The third-order valence-electron chi connectivity index (χ3n) is 5.56. The molecule has 1 aliphatic heterocycles. The van der Waals surface area contributed by atoms with Crippen molar-refractivity contribution < 1.29 is 19.4 Å². The number of carbonyl (C=O) groups is 2. The number of benzene rings is 2. The summed E-state index contributed by atoms with van der Waals surface area (Å²) in [6, 6.07) is 14.8. The minimum atomic E-state index is -1.09. The van der Waals surface area contributed by atoms with Gasteiger partial charge in [-0.2, -0.15) is 5.10 Å². The normalized spacial score (nSPS) is 16.2. The molecule has 0 fully saturated rings. The van der Waals surface area contributed by atoms with E-state index in [2.05, 4.69) is 20.8 Å². The molecule has 0 aliphatic carbocycles. The van der Waals surface area contributed by atoms with Crippen LogP contribution in [0.5, 0.6) is 5.75 Å². The monoisotopic (exact) mass is 499 g/mol. The minimum Gasteiger partial charge on any atom is -0.497 e. The van der Waals surface area contributed by atoms with E-state index in [9.17, 15) is 14.7 Å². The molecule has 4 rings (SSSR count). The maximum atomic E-state index is 13.3. The molecule has 0 saturated carbocycles. The molecule has 1 aromatic heterocycles. The number of aromatic nitrogens is 2. The van der Waals surface area contributed by atoms with Crippen molar-refractivity contribution in [1.29, 1.82) is 0 Å². The number of ether oxygens (including phenoxy) is 1. The second-order valence-electron chi connectivity index (χ2n) is 9.07. The van der Waals surface area contributed by atoms with Crippen LogP contribution in [0.2, 0.25) is 5.02 Å². The van der Waals surface area contributed by atoms with Gasteiger partial charge in [0.2, 0.25) is 5.91 Å². The Labute approximate surface area is 207 Å². The predicted molar refractivity (Wildman–Crippen MR) is 135 cm³/mol. The Bertz CT molecular complexity index is 1230. The SMILES string of the molecule is COc1ccc(-n2nc(C(C)(C)C)c3c2N(CC(=O)O)C(=O)CSC3c2cccc(Cl)c2)cc1. The predicted octanol–water partition coefficient (Wildman–Crippen LogP) is 5.09. The van der Waals surface area contributed by atoms with Crippen LogP contribution in [0, 0.1) is 0 Å². The lowest BCUT2D eigenvalue weighted by Gasteiger charge is -2.24. The highest BCUT2D eigenvalue weighted by Gasteiger charge is 2.39. The number of carboxylic acids is 1. The van der Waals surface area contributed by atoms with E-state index in [1.807, 2.05) is 42.5 Å². The molecule has 0 spiro atoms. The van der Waals surface area contributed by atoms with E-state index in [0.717, 1.165) is 16.8 Å². The summed E-state index contributed by atoms with van der Waals surface area (Å²) in [5.41, 5.74) is 2.88. The quantitative estimate of drug-likeness (QED) is 0.526. The number of carbonyl (C=O) groups excluding carboxylic acids is 1. The standard InChI is InChI=1S/C25H26ClN3O4S/c1-25(2,3)23-21-22(15-6-5-7-16(26)12-15)34-14-19(30)28(13-20(31)32)24(21)29(27-23)17-8-10-18(33-4)11-9-17/h5-12,22H,13-14H2,1-4H3,(H,31,32). The highest BCUT2D eigenvalue weighted by atomic mass is 35.5. The van der Waals surface area contributed by atoms with Crippen molar-refractivity contribution in [3.63, 3.8) is 0 Å². The van der Waals surface area contributed by atoms with Crippen LogP contribution in [0.1, 0.15) is 42.8 Å². The first kappa shape index (κ1) is 24.2. The molecule has 3 aromatic rings. The Morgan fingerprint density at radius 2 is 1.94 bits per heavy atom. The molecular weight excluding hydrogens is 474 g/mol. The van der Waals surface area contributed by atoms with Gasteiger partial charge in [0.25, 0.3) is 0 Å². The molecule has 7 nitrogen and oxygen atoms in total. The summed E-state index contributed by atoms with van der Waals surface area (Å²) in [7, 11) is 1.59. The molecule has 1 aliphatic rings. The van der Waals surface area contributed by atoms with Crippen LogP contribution in [0.15, 0.2) is 48.5 Å². The summed E-state index contributed by atoms with van der Waals surface area (Å²) < 4.78 is 6.97. The smallest absolute Gasteiger partial charge is 0.323 e. The molecular formula is C25H26ClN3O4S. The Kier molecular flexibility index (Phi) is 6.64. The zero-order valence-corrected chi connectivity index (χ0v) is 21.0. The lowest BCUT2D eigenvalue weighted by atomic mass is 9.87. The maximum absolute atomic E-state index is 13.3. The summed E-state index contributed by atoms with van der Waals surface area (Å²) in [4.78, 5) is 26.4. The number of anilines is 1. The number of halogens is 1. The molecule has 2 heterocycles. The summed E-state index contributed by atoms with van der Waals surface area (Å²) in [6.07, 6.45) is 0. The number of thioether (sulfide) groups is 1. The Morgan fingerprint density at radius 3 is 2.53 bits per heavy atom. The lowest BCUT2D eigenvalue weighted by molar-refractivity contribution is -0.136. The average molecular weight is 500 g/mol. The third-order valence-corrected chi connectivity index (χ3v) is 7.05. The molecule has 34 heavy (non-hydrogen) atoms. The fraction of sp³-hybridized carbons (Fsp3) is 0.320. The van der Waals surface area contributed by atoms with Crippen LogP contribution < -0.4 is 9.64 Å². The fourth-order valence-corrected chi connectivity index (χ4v) is 5.43. The first-order valence-corrected chi connectivity index (χ1v) is 12.2. The highest BCUT2D eigenvalue weighted by Crippen LogP contribution is 2.48. The molecule has 1 N–H and O–H groups in total. The summed E-state index contributed by atoms with van der Waals surface area (Å²) >= 11 is 7.78. The van der Waals surface area contributed by atoms with Gasteiger partial charge in [-0.1, -0.05) is 44.5 Å². The minimum absolute atomic E-state index is 0.130. The molecule has 0 bridgehead atoms.